The van der Waals surface area contributed by atoms with Crippen molar-refractivity contribution in [3.8, 4) is 0 Å². The third kappa shape index (κ3) is 5.22. The lowest BCUT2D eigenvalue weighted by Gasteiger charge is -2.24. The van der Waals surface area contributed by atoms with E-state index in [0.29, 0.717) is 25.2 Å². The minimum Gasteiger partial charge on any atom is -0.444 e. The molecule has 1 aromatic carbocycles. The van der Waals surface area contributed by atoms with Crippen LogP contribution in [-0.2, 0) is 9.53 Å². The van der Waals surface area contributed by atoms with Crippen molar-refractivity contribution in [2.75, 3.05) is 18.4 Å². The Kier molecular flexibility index (Phi) is 5.47. The minimum atomic E-state index is -0.526. The Balaban J connectivity index is 1.85. The van der Waals surface area contributed by atoms with Crippen LogP contribution < -0.4 is 5.32 Å². The fourth-order valence-corrected chi connectivity index (χ4v) is 2.68. The molecule has 1 heterocycles. The molecule has 1 fully saturated rings. The highest BCUT2D eigenvalue weighted by Crippen LogP contribution is 2.23. The highest BCUT2D eigenvalue weighted by atomic mass is 19.1. The Bertz CT molecular complexity index is 625. The second-order valence-corrected chi connectivity index (χ2v) is 7.29. The SMILES string of the molecule is Cc1ccc(F)cc1NC(=O)C[C@H]1CCN(C(=O)OC(C)(C)C)C1. The number of hydrogen-bond donors (Lipinski definition) is 1. The summed E-state index contributed by atoms with van der Waals surface area (Å²) in [4.78, 5) is 25.8. The molecular formula is C18H25FN2O3. The van der Waals surface area contributed by atoms with Crippen molar-refractivity contribution < 1.29 is 18.7 Å². The standard InChI is InChI=1S/C18H25FN2O3/c1-12-5-6-14(19)10-15(12)20-16(22)9-13-7-8-21(11-13)17(23)24-18(2,3)4/h5-6,10,13H,7-9,11H2,1-4H3,(H,20,22)/t13-/m1/s1. The lowest BCUT2D eigenvalue weighted by molar-refractivity contribution is -0.117. The Morgan fingerprint density at radius 2 is 2.08 bits per heavy atom. The maximum atomic E-state index is 13.3. The monoisotopic (exact) mass is 336 g/mol. The summed E-state index contributed by atoms with van der Waals surface area (Å²) in [6.07, 6.45) is 0.718. The summed E-state index contributed by atoms with van der Waals surface area (Å²) in [5.74, 6) is -0.459. The third-order valence-electron chi connectivity index (χ3n) is 3.89. The third-order valence-corrected chi connectivity index (χ3v) is 3.89. The van der Waals surface area contributed by atoms with E-state index in [9.17, 15) is 14.0 Å². The summed E-state index contributed by atoms with van der Waals surface area (Å²) in [7, 11) is 0. The van der Waals surface area contributed by atoms with Crippen LogP contribution >= 0.6 is 0 Å². The molecule has 1 aliphatic rings. The molecule has 1 aliphatic heterocycles. The molecule has 0 aliphatic carbocycles. The minimum absolute atomic E-state index is 0.0892. The number of aryl methyl sites for hydroxylation is 1. The fraction of sp³-hybridized carbons (Fsp3) is 0.556. The highest BCUT2D eigenvalue weighted by Gasteiger charge is 2.30. The number of benzene rings is 1. The summed E-state index contributed by atoms with van der Waals surface area (Å²) in [6.45, 7) is 8.39. The number of carbonyl (C=O) groups excluding carboxylic acids is 2. The molecule has 5 nitrogen and oxygen atoms in total. The van der Waals surface area contributed by atoms with E-state index in [-0.39, 0.29) is 23.7 Å². The second kappa shape index (κ2) is 7.20. The van der Waals surface area contributed by atoms with Crippen LogP contribution in [0.1, 0.15) is 39.2 Å². The topological polar surface area (TPSA) is 58.6 Å². The average molecular weight is 336 g/mol. The summed E-state index contributed by atoms with van der Waals surface area (Å²) in [5, 5.41) is 2.75. The molecular weight excluding hydrogens is 311 g/mol. The van der Waals surface area contributed by atoms with Crippen molar-refractivity contribution in [2.24, 2.45) is 5.92 Å². The number of rotatable bonds is 3. The van der Waals surface area contributed by atoms with E-state index in [2.05, 4.69) is 5.32 Å². The predicted octanol–water partition coefficient (Wildman–Crippen LogP) is 3.72. The zero-order valence-electron chi connectivity index (χ0n) is 14.7. The van der Waals surface area contributed by atoms with Crippen LogP contribution in [0.15, 0.2) is 18.2 Å². The van der Waals surface area contributed by atoms with Crippen molar-refractivity contribution in [1.29, 1.82) is 0 Å². The molecule has 0 radical (unpaired) electrons. The van der Waals surface area contributed by atoms with Gasteiger partial charge >= 0.3 is 6.09 Å². The fourth-order valence-electron chi connectivity index (χ4n) is 2.68. The largest absolute Gasteiger partial charge is 0.444 e. The number of nitrogens with one attached hydrogen (secondary N) is 1. The van der Waals surface area contributed by atoms with E-state index in [1.54, 1.807) is 11.0 Å². The Morgan fingerprint density at radius 1 is 1.38 bits per heavy atom. The van der Waals surface area contributed by atoms with Crippen LogP contribution in [0.25, 0.3) is 0 Å². The summed E-state index contributed by atoms with van der Waals surface area (Å²) in [6, 6.07) is 4.31. The Labute approximate surface area is 142 Å². The van der Waals surface area contributed by atoms with Crippen LogP contribution in [0.4, 0.5) is 14.9 Å². The molecule has 0 saturated carbocycles. The van der Waals surface area contributed by atoms with E-state index in [0.717, 1.165) is 12.0 Å². The van der Waals surface area contributed by atoms with Gasteiger partial charge in [-0.1, -0.05) is 6.07 Å². The first-order valence-corrected chi connectivity index (χ1v) is 8.18. The smallest absolute Gasteiger partial charge is 0.410 e. The van der Waals surface area contributed by atoms with Gasteiger partial charge in [-0.15, -0.1) is 0 Å². The predicted molar refractivity (Wildman–Crippen MR) is 90.3 cm³/mol. The van der Waals surface area contributed by atoms with Gasteiger partial charge in [0.05, 0.1) is 0 Å². The first kappa shape index (κ1) is 18.2. The number of halogens is 1. The van der Waals surface area contributed by atoms with Gasteiger partial charge in [-0.2, -0.15) is 0 Å². The van der Waals surface area contributed by atoms with Crippen LogP contribution in [0.3, 0.4) is 0 Å². The molecule has 0 aromatic heterocycles. The number of nitrogens with zero attached hydrogens (tertiary/aromatic N) is 1. The van der Waals surface area contributed by atoms with Gasteiger partial charge in [-0.25, -0.2) is 9.18 Å². The van der Waals surface area contributed by atoms with E-state index in [4.69, 9.17) is 4.74 Å². The summed E-state index contributed by atoms with van der Waals surface area (Å²) >= 11 is 0. The van der Waals surface area contributed by atoms with E-state index < -0.39 is 5.60 Å². The molecule has 1 aromatic rings. The number of ether oxygens (including phenoxy) is 1. The number of hydrogen-bond acceptors (Lipinski definition) is 3. The molecule has 1 N–H and O–H groups in total. The normalized spacial score (nSPS) is 17.7. The Morgan fingerprint density at radius 3 is 2.75 bits per heavy atom. The molecule has 6 heteroatoms. The van der Waals surface area contributed by atoms with E-state index >= 15 is 0 Å². The van der Waals surface area contributed by atoms with Crippen molar-refractivity contribution in [1.82, 2.24) is 4.90 Å². The Hall–Kier alpha value is -2.11. The van der Waals surface area contributed by atoms with Crippen LogP contribution in [0.5, 0.6) is 0 Å². The average Bonchev–Trinajstić information content (AvgIpc) is 2.89. The molecule has 0 spiro atoms. The first-order valence-electron chi connectivity index (χ1n) is 8.18. The van der Waals surface area contributed by atoms with Crippen molar-refractivity contribution in [3.63, 3.8) is 0 Å². The number of amides is 2. The molecule has 2 rings (SSSR count). The number of likely N-dealkylation sites (tertiary alicyclic amines) is 1. The molecule has 0 unspecified atom stereocenters. The summed E-state index contributed by atoms with van der Waals surface area (Å²) < 4.78 is 18.6. The van der Waals surface area contributed by atoms with Gasteiger partial charge in [0.25, 0.3) is 0 Å². The van der Waals surface area contributed by atoms with Crippen molar-refractivity contribution >= 4 is 17.7 Å². The van der Waals surface area contributed by atoms with Crippen LogP contribution in [0, 0.1) is 18.7 Å². The van der Waals surface area contributed by atoms with Gasteiger partial charge in [-0.3, -0.25) is 4.79 Å². The molecule has 2 amide bonds. The highest BCUT2D eigenvalue weighted by molar-refractivity contribution is 5.91. The first-order chi connectivity index (χ1) is 11.1. The van der Waals surface area contributed by atoms with Gasteiger partial charge < -0.3 is 15.0 Å². The second-order valence-electron chi connectivity index (χ2n) is 7.29. The molecule has 1 atom stereocenters. The van der Waals surface area contributed by atoms with E-state index in [1.807, 2.05) is 27.7 Å². The van der Waals surface area contributed by atoms with Crippen LogP contribution in [0.2, 0.25) is 0 Å². The van der Waals surface area contributed by atoms with Gasteiger partial charge in [0.15, 0.2) is 0 Å². The van der Waals surface area contributed by atoms with Crippen molar-refractivity contribution in [3.05, 3.63) is 29.6 Å². The number of carbonyl (C=O) groups is 2. The van der Waals surface area contributed by atoms with Gasteiger partial charge in [0.2, 0.25) is 5.91 Å². The zero-order valence-corrected chi connectivity index (χ0v) is 14.7. The van der Waals surface area contributed by atoms with Gasteiger partial charge in [-0.05, 0) is 57.7 Å². The summed E-state index contributed by atoms with van der Waals surface area (Å²) in [5.41, 5.74) is 0.773. The number of anilines is 1. The molecule has 24 heavy (non-hydrogen) atoms. The maximum Gasteiger partial charge on any atom is 0.410 e. The lowest BCUT2D eigenvalue weighted by Crippen LogP contribution is -2.35. The van der Waals surface area contributed by atoms with Crippen molar-refractivity contribution in [2.45, 2.75) is 46.1 Å². The molecule has 0 bridgehead atoms. The quantitative estimate of drug-likeness (QED) is 0.915. The lowest BCUT2D eigenvalue weighted by atomic mass is 10.0. The van der Waals surface area contributed by atoms with Gasteiger partial charge in [0.1, 0.15) is 11.4 Å². The van der Waals surface area contributed by atoms with E-state index in [1.165, 1.54) is 12.1 Å². The molecule has 1 saturated heterocycles. The van der Waals surface area contributed by atoms with Gasteiger partial charge in [0, 0.05) is 25.2 Å². The molecule has 132 valence electrons. The maximum absolute atomic E-state index is 13.3. The zero-order chi connectivity index (χ0) is 17.9. The van der Waals surface area contributed by atoms with Crippen LogP contribution in [-0.4, -0.2) is 35.6 Å².